The van der Waals surface area contributed by atoms with Crippen LogP contribution >= 0.6 is 0 Å². The van der Waals surface area contributed by atoms with Crippen LogP contribution in [0.15, 0.2) is 24.3 Å². The van der Waals surface area contributed by atoms with Gasteiger partial charge < -0.3 is 9.88 Å². The topological polar surface area (TPSA) is 17.0 Å². The van der Waals surface area contributed by atoms with E-state index in [4.69, 9.17) is 0 Å². The van der Waals surface area contributed by atoms with Gasteiger partial charge in [0.2, 0.25) is 0 Å². The largest absolute Gasteiger partial charge is 0.346 e. The van der Waals surface area contributed by atoms with E-state index in [1.807, 2.05) is 0 Å². The molecule has 102 valence electrons. The highest BCUT2D eigenvalue weighted by molar-refractivity contribution is 5.85. The Morgan fingerprint density at radius 1 is 1.32 bits per heavy atom. The molecule has 2 unspecified atom stereocenters. The Morgan fingerprint density at radius 2 is 2.11 bits per heavy atom. The second-order valence-corrected chi connectivity index (χ2v) is 5.92. The predicted molar refractivity (Wildman–Crippen MR) is 81.3 cm³/mol. The van der Waals surface area contributed by atoms with E-state index in [1.54, 1.807) is 0 Å². The van der Waals surface area contributed by atoms with Crippen LogP contribution in [0, 0.1) is 12.8 Å². The van der Waals surface area contributed by atoms with Gasteiger partial charge in [0.25, 0.3) is 0 Å². The van der Waals surface area contributed by atoms with Gasteiger partial charge in [-0.3, -0.25) is 0 Å². The monoisotopic (exact) mass is 256 g/mol. The van der Waals surface area contributed by atoms with Gasteiger partial charge in [-0.05, 0) is 37.3 Å². The second-order valence-electron chi connectivity index (χ2n) is 5.92. The number of fused-ring (bicyclic) bond motifs is 1. The van der Waals surface area contributed by atoms with Gasteiger partial charge in [-0.15, -0.1) is 0 Å². The number of nitrogens with one attached hydrogen (secondary N) is 1. The van der Waals surface area contributed by atoms with Crippen LogP contribution < -0.4 is 5.32 Å². The van der Waals surface area contributed by atoms with Crippen molar-refractivity contribution < 1.29 is 0 Å². The fraction of sp³-hybridized carbons (Fsp3) is 0.529. The summed E-state index contributed by atoms with van der Waals surface area (Å²) < 4.78 is 2.34. The normalized spacial score (nSPS) is 22.1. The maximum atomic E-state index is 3.73. The summed E-state index contributed by atoms with van der Waals surface area (Å²) in [5, 5.41) is 5.12. The Kier molecular flexibility index (Phi) is 3.36. The van der Waals surface area contributed by atoms with E-state index in [0.29, 0.717) is 0 Å². The van der Waals surface area contributed by atoms with E-state index in [-0.39, 0.29) is 0 Å². The average molecular weight is 256 g/mol. The number of hydrogen-bond donors (Lipinski definition) is 1. The maximum Gasteiger partial charge on any atom is 0.0483 e. The second kappa shape index (κ2) is 5.01. The summed E-state index contributed by atoms with van der Waals surface area (Å²) in [5.74, 6) is 0.931. The molecule has 2 nitrogen and oxygen atoms in total. The van der Waals surface area contributed by atoms with Gasteiger partial charge in [0.1, 0.15) is 0 Å². The van der Waals surface area contributed by atoms with Crippen molar-refractivity contribution in [3.8, 4) is 0 Å². The van der Waals surface area contributed by atoms with Crippen molar-refractivity contribution in [2.24, 2.45) is 13.0 Å². The molecule has 0 radical (unpaired) electrons. The molecule has 0 amide bonds. The molecule has 2 atom stereocenters. The van der Waals surface area contributed by atoms with Crippen molar-refractivity contribution in [1.82, 2.24) is 9.88 Å². The summed E-state index contributed by atoms with van der Waals surface area (Å²) in [4.78, 5) is 0. The molecule has 1 aromatic heterocycles. The first kappa shape index (κ1) is 12.7. The van der Waals surface area contributed by atoms with Gasteiger partial charge in [-0.2, -0.15) is 0 Å². The van der Waals surface area contributed by atoms with Crippen LogP contribution in [-0.2, 0) is 13.6 Å². The minimum absolute atomic E-state index is 0.761. The third-order valence-corrected chi connectivity index (χ3v) is 4.62. The van der Waals surface area contributed by atoms with E-state index in [0.717, 1.165) is 18.5 Å². The van der Waals surface area contributed by atoms with Gasteiger partial charge in [-0.1, -0.05) is 31.5 Å². The van der Waals surface area contributed by atoms with Crippen LogP contribution in [-0.4, -0.2) is 10.6 Å². The van der Waals surface area contributed by atoms with Crippen molar-refractivity contribution >= 4 is 10.9 Å². The number of aryl methyl sites for hydroxylation is 2. The summed E-state index contributed by atoms with van der Waals surface area (Å²) in [6.45, 7) is 5.53. The van der Waals surface area contributed by atoms with E-state index in [9.17, 15) is 0 Å². The molecule has 1 fully saturated rings. The molecule has 2 aromatic rings. The lowest BCUT2D eigenvalue weighted by Gasteiger charge is -2.07. The maximum absolute atomic E-state index is 3.73. The first-order chi connectivity index (χ1) is 9.22. The Bertz CT molecular complexity index is 543. The fourth-order valence-electron chi connectivity index (χ4n) is 3.30. The highest BCUT2D eigenvalue weighted by Gasteiger charge is 2.35. The first-order valence-electron chi connectivity index (χ1n) is 7.48. The van der Waals surface area contributed by atoms with Gasteiger partial charge in [0.15, 0.2) is 0 Å². The van der Waals surface area contributed by atoms with Crippen molar-refractivity contribution in [2.75, 3.05) is 0 Å². The van der Waals surface area contributed by atoms with Gasteiger partial charge in [0.05, 0.1) is 0 Å². The van der Waals surface area contributed by atoms with Crippen LogP contribution in [0.1, 0.15) is 37.4 Å². The summed E-state index contributed by atoms with van der Waals surface area (Å²) in [7, 11) is 2.18. The van der Waals surface area contributed by atoms with Crippen molar-refractivity contribution in [2.45, 2.75) is 45.7 Å². The third kappa shape index (κ3) is 2.30. The smallest absolute Gasteiger partial charge is 0.0483 e. The quantitative estimate of drug-likeness (QED) is 0.862. The molecule has 0 bridgehead atoms. The van der Waals surface area contributed by atoms with E-state index in [1.165, 1.54) is 41.4 Å². The zero-order valence-corrected chi connectivity index (χ0v) is 12.2. The van der Waals surface area contributed by atoms with Crippen molar-refractivity contribution in [1.29, 1.82) is 0 Å². The molecule has 0 spiro atoms. The summed E-state index contributed by atoms with van der Waals surface area (Å²) in [5.41, 5.74) is 4.21. The Morgan fingerprint density at radius 3 is 2.84 bits per heavy atom. The molecular weight excluding hydrogens is 232 g/mol. The minimum atomic E-state index is 0.761. The fourth-order valence-corrected chi connectivity index (χ4v) is 3.30. The lowest BCUT2D eigenvalue weighted by Crippen LogP contribution is -2.19. The number of para-hydroxylation sites is 1. The lowest BCUT2D eigenvalue weighted by molar-refractivity contribution is 0.585. The Hall–Kier alpha value is -1.28. The number of rotatable bonds is 5. The van der Waals surface area contributed by atoms with E-state index in [2.05, 4.69) is 55.0 Å². The highest BCUT2D eigenvalue weighted by atomic mass is 15.0. The molecule has 0 aliphatic heterocycles. The molecule has 1 aliphatic carbocycles. The molecule has 1 aliphatic rings. The predicted octanol–water partition coefficient (Wildman–Crippen LogP) is 3.76. The molecule has 0 saturated heterocycles. The molecule has 3 rings (SSSR count). The summed E-state index contributed by atoms with van der Waals surface area (Å²) in [6, 6.07) is 9.45. The SMILES string of the molecule is CCCC1CC1NCc1c(C)c2ccccc2n1C. The van der Waals surface area contributed by atoms with Gasteiger partial charge in [0, 0.05) is 36.2 Å². The highest BCUT2D eigenvalue weighted by Crippen LogP contribution is 2.35. The molecule has 1 saturated carbocycles. The van der Waals surface area contributed by atoms with Gasteiger partial charge >= 0.3 is 0 Å². The Balaban J connectivity index is 1.75. The molecule has 19 heavy (non-hydrogen) atoms. The van der Waals surface area contributed by atoms with Crippen LogP contribution in [0.3, 0.4) is 0 Å². The number of aromatic nitrogens is 1. The summed E-state index contributed by atoms with van der Waals surface area (Å²) in [6.07, 6.45) is 4.07. The van der Waals surface area contributed by atoms with Crippen LogP contribution in [0.5, 0.6) is 0 Å². The van der Waals surface area contributed by atoms with E-state index < -0.39 is 0 Å². The number of nitrogens with zero attached hydrogens (tertiary/aromatic N) is 1. The average Bonchev–Trinajstić information content (AvgIpc) is 3.12. The van der Waals surface area contributed by atoms with Gasteiger partial charge in [-0.25, -0.2) is 0 Å². The van der Waals surface area contributed by atoms with E-state index >= 15 is 0 Å². The zero-order valence-electron chi connectivity index (χ0n) is 12.2. The molecule has 1 aromatic carbocycles. The minimum Gasteiger partial charge on any atom is -0.346 e. The van der Waals surface area contributed by atoms with Crippen LogP contribution in [0.4, 0.5) is 0 Å². The van der Waals surface area contributed by atoms with Crippen molar-refractivity contribution in [3.05, 3.63) is 35.5 Å². The third-order valence-electron chi connectivity index (χ3n) is 4.62. The zero-order chi connectivity index (χ0) is 13.4. The molecular formula is C17H24N2. The molecule has 1 N–H and O–H groups in total. The summed E-state index contributed by atoms with van der Waals surface area (Å²) >= 11 is 0. The molecule has 1 heterocycles. The van der Waals surface area contributed by atoms with Crippen molar-refractivity contribution in [3.63, 3.8) is 0 Å². The Labute approximate surface area is 115 Å². The first-order valence-corrected chi connectivity index (χ1v) is 7.48. The molecule has 2 heteroatoms. The lowest BCUT2D eigenvalue weighted by atomic mass is 10.1. The standard InChI is InChI=1S/C17H24N2/c1-4-7-13-10-15(13)18-11-17-12(2)14-8-5-6-9-16(14)19(17)3/h5-6,8-9,13,15,18H,4,7,10-11H2,1-3H3. The number of hydrogen-bond acceptors (Lipinski definition) is 1. The van der Waals surface area contributed by atoms with Crippen LogP contribution in [0.25, 0.3) is 10.9 Å². The number of benzene rings is 1. The van der Waals surface area contributed by atoms with Crippen LogP contribution in [0.2, 0.25) is 0 Å².